The van der Waals surface area contributed by atoms with Crippen molar-refractivity contribution in [2.75, 3.05) is 20.8 Å². The lowest BCUT2D eigenvalue weighted by atomic mass is 10.8. The second kappa shape index (κ2) is 10.2. The summed E-state index contributed by atoms with van der Waals surface area (Å²) < 4.78 is 9.88. The highest BCUT2D eigenvalue weighted by Gasteiger charge is 2.34. The number of hydrogen-bond acceptors (Lipinski definition) is 7. The fraction of sp³-hybridized carbons (Fsp3) is 0.667. The fourth-order valence-electron chi connectivity index (χ4n) is 0.700. The van der Waals surface area contributed by atoms with Crippen LogP contribution in [-0.2, 0) is 18.4 Å². The van der Waals surface area contributed by atoms with Crippen LogP contribution < -0.4 is 11.7 Å². The standard InChI is InChI=1S/C6H11NO4Si.H4N2/c1-10-12(6-9,11-2)4-3-7-5-8;1-2/h6H,3-4H2,1-2H3;1-2H2. The van der Waals surface area contributed by atoms with Gasteiger partial charge in [0.25, 0.3) is 0 Å². The predicted molar refractivity (Wildman–Crippen MR) is 52.7 cm³/mol. The van der Waals surface area contributed by atoms with E-state index in [1.165, 1.54) is 20.3 Å². The smallest absolute Gasteiger partial charge is 0.393 e. The van der Waals surface area contributed by atoms with Gasteiger partial charge in [-0.05, 0) is 0 Å². The van der Waals surface area contributed by atoms with Crippen molar-refractivity contribution in [2.45, 2.75) is 6.04 Å². The molecule has 0 atom stereocenters. The molecule has 0 aromatic carbocycles. The van der Waals surface area contributed by atoms with E-state index >= 15 is 0 Å². The zero-order chi connectivity index (χ0) is 11.4. The summed E-state index contributed by atoms with van der Waals surface area (Å²) in [6, 6.07) is 0.346. The van der Waals surface area contributed by atoms with Crippen LogP contribution in [-0.4, -0.2) is 41.3 Å². The average Bonchev–Trinajstić information content (AvgIpc) is 2.28. The molecule has 0 saturated heterocycles. The molecule has 0 saturated carbocycles. The van der Waals surface area contributed by atoms with Gasteiger partial charge >= 0.3 is 8.56 Å². The molecule has 0 heterocycles. The molecule has 0 aliphatic carbocycles. The minimum Gasteiger partial charge on any atom is -0.393 e. The van der Waals surface area contributed by atoms with E-state index < -0.39 is 8.56 Å². The van der Waals surface area contributed by atoms with Gasteiger partial charge in [0.15, 0.2) is 5.91 Å². The van der Waals surface area contributed by atoms with Gasteiger partial charge < -0.3 is 13.6 Å². The number of carbonyl (C=O) groups excluding carboxylic acids is 2. The molecular weight excluding hydrogens is 206 g/mol. The third kappa shape index (κ3) is 5.70. The van der Waals surface area contributed by atoms with Gasteiger partial charge in [0.05, 0.1) is 6.54 Å². The van der Waals surface area contributed by atoms with E-state index in [4.69, 9.17) is 8.85 Å². The third-order valence-electron chi connectivity index (χ3n) is 1.51. The highest BCUT2D eigenvalue weighted by atomic mass is 28.4. The molecule has 82 valence electrons. The van der Waals surface area contributed by atoms with Crippen molar-refractivity contribution >= 4 is 20.6 Å². The lowest BCUT2D eigenvalue weighted by Crippen LogP contribution is -2.43. The summed E-state index contributed by atoms with van der Waals surface area (Å²) in [5.74, 6) is 8.67. The Hall–Kier alpha value is -0.893. The van der Waals surface area contributed by atoms with Crippen LogP contribution in [0.2, 0.25) is 6.04 Å². The van der Waals surface area contributed by atoms with Gasteiger partial charge in [0, 0.05) is 20.3 Å². The highest BCUT2D eigenvalue weighted by Crippen LogP contribution is 2.07. The number of carbonyl (C=O) groups is 1. The number of rotatable bonds is 6. The summed E-state index contributed by atoms with van der Waals surface area (Å²) in [5.41, 5.74) is 0. The molecule has 0 aromatic rings. The van der Waals surface area contributed by atoms with Crippen molar-refractivity contribution < 1.29 is 18.4 Å². The molecule has 0 rings (SSSR count). The van der Waals surface area contributed by atoms with Crippen molar-refractivity contribution in [1.82, 2.24) is 0 Å². The lowest BCUT2D eigenvalue weighted by Gasteiger charge is -2.19. The molecule has 8 heteroatoms. The normalized spacial score (nSPS) is 9.43. The quantitative estimate of drug-likeness (QED) is 0.143. The number of hydrogen-bond donors (Lipinski definition) is 2. The van der Waals surface area contributed by atoms with E-state index in [1.54, 1.807) is 0 Å². The van der Waals surface area contributed by atoms with Crippen LogP contribution in [0.1, 0.15) is 0 Å². The first-order valence-corrected chi connectivity index (χ1v) is 5.78. The first kappa shape index (κ1) is 15.6. The molecule has 0 fully saturated rings. The number of aliphatic imine (C=N–C) groups is 1. The van der Waals surface area contributed by atoms with Gasteiger partial charge in [-0.3, -0.25) is 11.7 Å². The number of nitrogens with two attached hydrogens (primary N) is 2. The maximum atomic E-state index is 10.6. The maximum absolute atomic E-state index is 10.6. The van der Waals surface area contributed by atoms with Gasteiger partial charge in [-0.25, -0.2) is 9.79 Å². The maximum Gasteiger partial charge on any atom is 0.407 e. The van der Waals surface area contributed by atoms with E-state index in [-0.39, 0.29) is 6.54 Å². The number of hydrazine groups is 1. The van der Waals surface area contributed by atoms with Crippen molar-refractivity contribution in [1.29, 1.82) is 0 Å². The van der Waals surface area contributed by atoms with Crippen molar-refractivity contribution in [2.24, 2.45) is 16.7 Å². The lowest BCUT2D eigenvalue weighted by molar-refractivity contribution is 0.259. The van der Waals surface area contributed by atoms with E-state index in [9.17, 15) is 9.59 Å². The molecule has 0 bridgehead atoms. The summed E-state index contributed by atoms with van der Waals surface area (Å²) in [6.07, 6.45) is 1.38. The van der Waals surface area contributed by atoms with Gasteiger partial charge in [0.1, 0.15) is 0 Å². The molecule has 14 heavy (non-hydrogen) atoms. The van der Waals surface area contributed by atoms with Crippen molar-refractivity contribution in [3.05, 3.63) is 0 Å². The Labute approximate surface area is 83.3 Å². The first-order chi connectivity index (χ1) is 6.74. The molecule has 0 amide bonds. The second-order valence-electron chi connectivity index (χ2n) is 2.06. The van der Waals surface area contributed by atoms with E-state index in [0.29, 0.717) is 12.0 Å². The van der Waals surface area contributed by atoms with Crippen LogP contribution in [0.25, 0.3) is 0 Å². The highest BCUT2D eigenvalue weighted by molar-refractivity contribution is 6.91. The summed E-state index contributed by atoms with van der Waals surface area (Å²) in [6.45, 7) is 0.218. The average molecular weight is 221 g/mol. The molecule has 0 unspecified atom stereocenters. The van der Waals surface area contributed by atoms with Gasteiger partial charge in [-0.1, -0.05) is 0 Å². The Morgan fingerprint density at radius 3 is 2.21 bits per heavy atom. The zero-order valence-corrected chi connectivity index (χ0v) is 9.23. The third-order valence-corrected chi connectivity index (χ3v) is 4.17. The SMILES string of the molecule is CO[Si](C=O)(CCN=C=O)OC.NN. The van der Waals surface area contributed by atoms with Gasteiger partial charge in [-0.15, -0.1) is 0 Å². The van der Waals surface area contributed by atoms with Crippen LogP contribution in [0.5, 0.6) is 0 Å². The minimum absolute atomic E-state index is 0.218. The van der Waals surface area contributed by atoms with Crippen LogP contribution in [0.15, 0.2) is 4.99 Å². The molecule has 0 aliphatic heterocycles. The molecule has 0 aliphatic rings. The summed E-state index contributed by atoms with van der Waals surface area (Å²) in [7, 11) is 0.115. The molecule has 7 nitrogen and oxygen atoms in total. The number of nitrogens with zero attached hydrogens (tertiary/aromatic N) is 1. The Kier molecular flexibility index (Phi) is 11.3. The Balaban J connectivity index is 0. The summed E-state index contributed by atoms with van der Waals surface area (Å²) in [5, 5.41) is 0. The Morgan fingerprint density at radius 1 is 1.43 bits per heavy atom. The van der Waals surface area contributed by atoms with Crippen molar-refractivity contribution in [3.8, 4) is 0 Å². The van der Waals surface area contributed by atoms with Crippen molar-refractivity contribution in [3.63, 3.8) is 0 Å². The van der Waals surface area contributed by atoms with Crippen LogP contribution in [0, 0.1) is 0 Å². The van der Waals surface area contributed by atoms with E-state index in [1.807, 2.05) is 0 Å². The van der Waals surface area contributed by atoms with E-state index in [0.717, 1.165) is 0 Å². The molecule has 0 spiro atoms. The summed E-state index contributed by atoms with van der Waals surface area (Å²) in [4.78, 5) is 23.6. The monoisotopic (exact) mass is 221 g/mol. The van der Waals surface area contributed by atoms with E-state index in [2.05, 4.69) is 16.7 Å². The van der Waals surface area contributed by atoms with Crippen LogP contribution >= 0.6 is 0 Å². The molecule has 0 radical (unpaired) electrons. The first-order valence-electron chi connectivity index (χ1n) is 3.68. The summed E-state index contributed by atoms with van der Waals surface area (Å²) >= 11 is 0. The number of isocyanates is 1. The second-order valence-corrected chi connectivity index (χ2v) is 5.24. The predicted octanol–water partition coefficient (Wildman–Crippen LogP) is -1.35. The zero-order valence-electron chi connectivity index (χ0n) is 8.23. The molecule has 4 N–H and O–H groups in total. The Morgan fingerprint density at radius 2 is 1.93 bits per heavy atom. The van der Waals surface area contributed by atoms with Gasteiger partial charge in [0.2, 0.25) is 6.08 Å². The topological polar surface area (TPSA) is 117 Å². The Bertz CT molecular complexity index is 192. The molecule has 0 aromatic heterocycles. The van der Waals surface area contributed by atoms with Gasteiger partial charge in [-0.2, -0.15) is 0 Å². The largest absolute Gasteiger partial charge is 0.407 e. The molecular formula is C6H15N3O4Si. The minimum atomic E-state index is -2.71. The fourth-order valence-corrected chi connectivity index (χ4v) is 2.01. The van der Waals surface area contributed by atoms with Crippen LogP contribution in [0.3, 0.4) is 0 Å². The van der Waals surface area contributed by atoms with Crippen LogP contribution in [0.4, 0.5) is 0 Å².